The van der Waals surface area contributed by atoms with Gasteiger partial charge in [0.25, 0.3) is 5.91 Å². The van der Waals surface area contributed by atoms with E-state index in [4.69, 9.17) is 5.11 Å². The largest absolute Gasteiger partial charge is 0.478 e. The lowest BCUT2D eigenvalue weighted by atomic mass is 10.0. The number of hydrogen-bond donors (Lipinski definition) is 3. The zero-order chi connectivity index (χ0) is 21.4. The highest BCUT2D eigenvalue weighted by molar-refractivity contribution is 5.98. The molecule has 1 unspecified atom stereocenters. The van der Waals surface area contributed by atoms with Crippen LogP contribution in [-0.4, -0.2) is 35.5 Å². The molecule has 1 atom stereocenters. The fourth-order valence-electron chi connectivity index (χ4n) is 3.08. The first-order valence-corrected chi connectivity index (χ1v) is 9.74. The number of nitrogens with one attached hydrogen (secondary N) is 2. The van der Waals surface area contributed by atoms with Gasteiger partial charge in [-0.1, -0.05) is 44.2 Å². The molecule has 0 aliphatic heterocycles. The number of amides is 2. The summed E-state index contributed by atoms with van der Waals surface area (Å²) in [5.41, 5.74) is 2.46. The SMILES string of the molecule is Cc1ccccc1C(=O)NC(CC(C)C)C(=O)NCCc1cccc(C(=O)O)c1. The molecule has 154 valence electrons. The molecular formula is C23H28N2O4. The van der Waals surface area contributed by atoms with Crippen molar-refractivity contribution in [3.05, 3.63) is 70.8 Å². The highest BCUT2D eigenvalue weighted by Crippen LogP contribution is 2.10. The van der Waals surface area contributed by atoms with Crippen molar-refractivity contribution >= 4 is 17.8 Å². The molecule has 0 aliphatic rings. The molecule has 2 aromatic carbocycles. The maximum absolute atomic E-state index is 12.7. The molecule has 0 radical (unpaired) electrons. The summed E-state index contributed by atoms with van der Waals surface area (Å²) in [4.78, 5) is 36.3. The molecule has 2 aromatic rings. The van der Waals surface area contributed by atoms with E-state index in [2.05, 4.69) is 10.6 Å². The van der Waals surface area contributed by atoms with Gasteiger partial charge in [-0.3, -0.25) is 9.59 Å². The zero-order valence-electron chi connectivity index (χ0n) is 17.1. The minimum atomic E-state index is -0.980. The normalized spacial score (nSPS) is 11.7. The number of hydrogen-bond acceptors (Lipinski definition) is 3. The van der Waals surface area contributed by atoms with Crippen molar-refractivity contribution < 1.29 is 19.5 Å². The van der Waals surface area contributed by atoms with Crippen LogP contribution in [0, 0.1) is 12.8 Å². The zero-order valence-corrected chi connectivity index (χ0v) is 17.1. The number of aryl methyl sites for hydroxylation is 1. The van der Waals surface area contributed by atoms with Crippen molar-refractivity contribution in [2.24, 2.45) is 5.92 Å². The second-order valence-corrected chi connectivity index (χ2v) is 7.52. The first kappa shape index (κ1) is 22.1. The summed E-state index contributed by atoms with van der Waals surface area (Å²) in [6, 6.07) is 13.3. The number of benzene rings is 2. The third kappa shape index (κ3) is 6.75. The summed E-state index contributed by atoms with van der Waals surface area (Å²) in [6.07, 6.45) is 1.03. The van der Waals surface area contributed by atoms with E-state index in [0.29, 0.717) is 24.9 Å². The fourth-order valence-corrected chi connectivity index (χ4v) is 3.08. The number of carbonyl (C=O) groups is 3. The van der Waals surface area contributed by atoms with Gasteiger partial charge in [-0.25, -0.2) is 4.79 Å². The third-order valence-electron chi connectivity index (χ3n) is 4.61. The minimum absolute atomic E-state index is 0.219. The van der Waals surface area contributed by atoms with Crippen molar-refractivity contribution in [3.63, 3.8) is 0 Å². The summed E-state index contributed by atoms with van der Waals surface area (Å²) in [6.45, 7) is 6.21. The molecule has 2 amide bonds. The van der Waals surface area contributed by atoms with E-state index in [9.17, 15) is 14.4 Å². The van der Waals surface area contributed by atoms with Crippen LogP contribution in [0.3, 0.4) is 0 Å². The number of carboxylic acid groups (broad SMARTS) is 1. The van der Waals surface area contributed by atoms with Gasteiger partial charge in [0.1, 0.15) is 6.04 Å². The van der Waals surface area contributed by atoms with Crippen LogP contribution in [0.25, 0.3) is 0 Å². The Kier molecular flexibility index (Phi) is 7.95. The van der Waals surface area contributed by atoms with E-state index in [1.807, 2.05) is 39.0 Å². The van der Waals surface area contributed by atoms with Gasteiger partial charge in [0.2, 0.25) is 5.91 Å². The lowest BCUT2D eigenvalue weighted by Gasteiger charge is -2.21. The van der Waals surface area contributed by atoms with E-state index in [-0.39, 0.29) is 23.3 Å². The molecule has 2 rings (SSSR count). The van der Waals surface area contributed by atoms with Gasteiger partial charge in [0.05, 0.1) is 5.56 Å². The second-order valence-electron chi connectivity index (χ2n) is 7.52. The Morgan fingerprint density at radius 2 is 1.76 bits per heavy atom. The molecule has 0 bridgehead atoms. The fraction of sp³-hybridized carbons (Fsp3) is 0.348. The molecule has 29 heavy (non-hydrogen) atoms. The number of carboxylic acids is 1. The predicted molar refractivity (Wildman–Crippen MR) is 112 cm³/mol. The summed E-state index contributed by atoms with van der Waals surface area (Å²) in [5.74, 6) is -1.25. The van der Waals surface area contributed by atoms with Gasteiger partial charge in [0.15, 0.2) is 0 Å². The Balaban J connectivity index is 1.98. The van der Waals surface area contributed by atoms with Gasteiger partial charge < -0.3 is 15.7 Å². The van der Waals surface area contributed by atoms with Crippen LogP contribution in [0.1, 0.15) is 52.1 Å². The average Bonchev–Trinajstić information content (AvgIpc) is 2.67. The topological polar surface area (TPSA) is 95.5 Å². The Hall–Kier alpha value is -3.15. The highest BCUT2D eigenvalue weighted by Gasteiger charge is 2.22. The maximum Gasteiger partial charge on any atom is 0.335 e. The molecule has 6 nitrogen and oxygen atoms in total. The molecule has 0 saturated carbocycles. The summed E-state index contributed by atoms with van der Waals surface area (Å²) >= 11 is 0. The highest BCUT2D eigenvalue weighted by atomic mass is 16.4. The third-order valence-corrected chi connectivity index (χ3v) is 4.61. The van der Waals surface area contributed by atoms with E-state index in [1.54, 1.807) is 24.3 Å². The van der Waals surface area contributed by atoms with Crippen LogP contribution in [-0.2, 0) is 11.2 Å². The summed E-state index contributed by atoms with van der Waals surface area (Å²) in [5, 5.41) is 14.8. The molecule has 3 N–H and O–H groups in total. The standard InChI is InChI=1S/C23H28N2O4/c1-15(2)13-20(25-21(26)19-10-5-4-7-16(19)3)22(27)24-12-11-17-8-6-9-18(14-17)23(28)29/h4-10,14-15,20H,11-13H2,1-3H3,(H,24,27)(H,25,26)(H,28,29). The maximum atomic E-state index is 12.7. The molecule has 0 heterocycles. The van der Waals surface area contributed by atoms with Gasteiger partial charge in [0, 0.05) is 12.1 Å². The van der Waals surface area contributed by atoms with Crippen molar-refractivity contribution in [1.82, 2.24) is 10.6 Å². The first-order valence-electron chi connectivity index (χ1n) is 9.74. The van der Waals surface area contributed by atoms with E-state index in [1.165, 1.54) is 6.07 Å². The lowest BCUT2D eigenvalue weighted by Crippen LogP contribution is -2.48. The Bertz CT molecular complexity index is 877. The molecular weight excluding hydrogens is 368 g/mol. The second kappa shape index (κ2) is 10.4. The molecule has 0 fully saturated rings. The van der Waals surface area contributed by atoms with Gasteiger partial charge in [-0.15, -0.1) is 0 Å². The quantitative estimate of drug-likeness (QED) is 0.607. The van der Waals surface area contributed by atoms with Crippen molar-refractivity contribution in [3.8, 4) is 0 Å². The van der Waals surface area contributed by atoms with E-state index in [0.717, 1.165) is 11.1 Å². The summed E-state index contributed by atoms with van der Waals surface area (Å²) < 4.78 is 0. The van der Waals surface area contributed by atoms with Gasteiger partial charge in [-0.2, -0.15) is 0 Å². The Labute approximate surface area is 171 Å². The molecule has 0 aliphatic carbocycles. The lowest BCUT2D eigenvalue weighted by molar-refractivity contribution is -0.123. The van der Waals surface area contributed by atoms with Crippen LogP contribution in [0.2, 0.25) is 0 Å². The predicted octanol–water partition coefficient (Wildman–Crippen LogP) is 3.20. The molecule has 0 spiro atoms. The monoisotopic (exact) mass is 396 g/mol. The van der Waals surface area contributed by atoms with Crippen molar-refractivity contribution in [1.29, 1.82) is 0 Å². The van der Waals surface area contributed by atoms with Crippen LogP contribution < -0.4 is 10.6 Å². The molecule has 0 saturated heterocycles. The number of aromatic carboxylic acids is 1. The van der Waals surface area contributed by atoms with Gasteiger partial charge >= 0.3 is 5.97 Å². The molecule has 0 aromatic heterocycles. The van der Waals surface area contributed by atoms with Crippen LogP contribution in [0.5, 0.6) is 0 Å². The smallest absolute Gasteiger partial charge is 0.335 e. The van der Waals surface area contributed by atoms with Crippen LogP contribution in [0.4, 0.5) is 0 Å². The van der Waals surface area contributed by atoms with Crippen molar-refractivity contribution in [2.45, 2.75) is 39.7 Å². The minimum Gasteiger partial charge on any atom is -0.478 e. The number of carbonyl (C=O) groups excluding carboxylic acids is 2. The Morgan fingerprint density at radius 3 is 2.41 bits per heavy atom. The van der Waals surface area contributed by atoms with E-state index < -0.39 is 12.0 Å². The first-order chi connectivity index (χ1) is 13.8. The number of rotatable bonds is 9. The molecule has 6 heteroatoms. The van der Waals surface area contributed by atoms with Gasteiger partial charge in [-0.05, 0) is 55.0 Å². The van der Waals surface area contributed by atoms with Crippen LogP contribution >= 0.6 is 0 Å². The summed E-state index contributed by atoms with van der Waals surface area (Å²) in [7, 11) is 0. The average molecular weight is 396 g/mol. The van der Waals surface area contributed by atoms with Crippen molar-refractivity contribution in [2.75, 3.05) is 6.54 Å². The van der Waals surface area contributed by atoms with E-state index >= 15 is 0 Å². The van der Waals surface area contributed by atoms with Crippen LogP contribution in [0.15, 0.2) is 48.5 Å². The Morgan fingerprint density at radius 1 is 1.03 bits per heavy atom.